The number of rotatable bonds is 4. The Morgan fingerprint density at radius 3 is 2.69 bits per heavy atom. The van der Waals surface area contributed by atoms with Crippen LogP contribution in [0, 0.1) is 13.8 Å². The molecule has 3 aliphatic heterocycles. The molecule has 2 saturated heterocycles. The first-order chi connectivity index (χ1) is 18.9. The van der Waals surface area contributed by atoms with Crippen molar-refractivity contribution in [2.75, 3.05) is 31.6 Å². The van der Waals surface area contributed by atoms with Gasteiger partial charge in [-0.15, -0.1) is 0 Å². The van der Waals surface area contributed by atoms with Gasteiger partial charge in [0.05, 0.1) is 19.3 Å². The number of aromatic nitrogens is 1. The van der Waals surface area contributed by atoms with Crippen LogP contribution in [-0.2, 0) is 16.0 Å². The fourth-order valence-electron chi connectivity index (χ4n) is 5.52. The van der Waals surface area contributed by atoms with Crippen LogP contribution in [0.1, 0.15) is 55.6 Å². The zero-order valence-electron chi connectivity index (χ0n) is 23.4. The number of amides is 1. The number of carbonyl (C=O) groups excluding carboxylic acids is 1. The second-order valence-electron chi connectivity index (χ2n) is 10.8. The number of carbonyl (C=O) groups is 1. The van der Waals surface area contributed by atoms with Crippen LogP contribution < -0.4 is 5.32 Å². The summed E-state index contributed by atoms with van der Waals surface area (Å²) in [4.78, 5) is 19.4. The number of hydrogen-bond acceptors (Lipinski definition) is 4. The zero-order chi connectivity index (χ0) is 27.4. The van der Waals surface area contributed by atoms with Crippen molar-refractivity contribution in [3.63, 3.8) is 0 Å². The summed E-state index contributed by atoms with van der Waals surface area (Å²) in [7, 11) is 0. The fourth-order valence-corrected chi connectivity index (χ4v) is 5.52. The second-order valence-corrected chi connectivity index (χ2v) is 10.8. The van der Waals surface area contributed by atoms with Crippen molar-refractivity contribution in [2.45, 2.75) is 52.5 Å². The Kier molecular flexibility index (Phi) is 8.39. The highest BCUT2D eigenvalue weighted by atomic mass is 16.5. The van der Waals surface area contributed by atoms with Gasteiger partial charge in [0, 0.05) is 36.7 Å². The van der Waals surface area contributed by atoms with E-state index in [4.69, 9.17) is 4.74 Å². The molecule has 6 rings (SSSR count). The van der Waals surface area contributed by atoms with Gasteiger partial charge in [0.1, 0.15) is 0 Å². The second kappa shape index (κ2) is 12.1. The predicted octanol–water partition coefficient (Wildman–Crippen LogP) is 7.09. The van der Waals surface area contributed by atoms with E-state index < -0.39 is 0 Å². The summed E-state index contributed by atoms with van der Waals surface area (Å²) in [6, 6.07) is 17.3. The molecule has 0 atom stereocenters. The van der Waals surface area contributed by atoms with Crippen LogP contribution in [0.15, 0.2) is 66.9 Å². The number of likely N-dealkylation sites (tertiary alicyclic amines) is 1. The van der Waals surface area contributed by atoms with Crippen molar-refractivity contribution in [1.82, 2.24) is 9.88 Å². The summed E-state index contributed by atoms with van der Waals surface area (Å²) in [6.45, 7) is 14.7. The van der Waals surface area contributed by atoms with Crippen LogP contribution in [0.3, 0.4) is 0 Å². The lowest BCUT2D eigenvalue weighted by Crippen LogP contribution is -2.49. The van der Waals surface area contributed by atoms with E-state index in [1.807, 2.05) is 31.2 Å². The number of fused-ring (bicyclic) bond motifs is 1. The molecule has 3 aromatic rings. The first kappa shape index (κ1) is 27.0. The Bertz CT molecular complexity index is 1390. The van der Waals surface area contributed by atoms with Crippen molar-refractivity contribution in [3.8, 4) is 11.1 Å². The lowest BCUT2D eigenvalue weighted by Gasteiger charge is -2.36. The number of nitrogens with zero attached hydrogens (tertiary/aromatic N) is 2. The van der Waals surface area contributed by atoms with Crippen molar-refractivity contribution in [2.24, 2.45) is 0 Å². The lowest BCUT2D eigenvalue weighted by molar-refractivity contribution is -0.110. The molecule has 3 aliphatic rings. The van der Waals surface area contributed by atoms with Crippen molar-refractivity contribution in [1.29, 1.82) is 0 Å². The molecular formula is C34H41N3O2. The largest absolute Gasteiger partial charge is 0.378 e. The molecule has 0 spiro atoms. The van der Waals surface area contributed by atoms with Gasteiger partial charge in [0.25, 0.3) is 5.91 Å². The Morgan fingerprint density at radius 1 is 1.13 bits per heavy atom. The topological polar surface area (TPSA) is 54.5 Å². The zero-order valence-corrected chi connectivity index (χ0v) is 23.4. The quantitative estimate of drug-likeness (QED) is 0.293. The van der Waals surface area contributed by atoms with Crippen LogP contribution in [0.4, 0.5) is 5.69 Å². The van der Waals surface area contributed by atoms with E-state index in [9.17, 15) is 4.79 Å². The maximum atomic E-state index is 12.5. The number of aryl methyl sites for hydroxylation is 3. The summed E-state index contributed by atoms with van der Waals surface area (Å²) in [5.41, 5.74) is 10.8. The highest BCUT2D eigenvalue weighted by molar-refractivity contribution is 6.35. The average molecular weight is 524 g/mol. The molecule has 0 saturated carbocycles. The van der Waals surface area contributed by atoms with Gasteiger partial charge in [0.15, 0.2) is 0 Å². The molecule has 4 heterocycles. The van der Waals surface area contributed by atoms with Gasteiger partial charge < -0.3 is 10.1 Å². The van der Waals surface area contributed by atoms with Crippen LogP contribution in [0.2, 0.25) is 0 Å². The van der Waals surface area contributed by atoms with E-state index in [0.717, 1.165) is 53.7 Å². The number of nitrogens with one attached hydrogen (secondary N) is 1. The van der Waals surface area contributed by atoms with Gasteiger partial charge >= 0.3 is 0 Å². The number of hydrogen-bond donors (Lipinski definition) is 1. The summed E-state index contributed by atoms with van der Waals surface area (Å²) in [5, 5.41) is 2.97. The third-order valence-corrected chi connectivity index (χ3v) is 7.94. The Labute approximate surface area is 234 Å². The van der Waals surface area contributed by atoms with Crippen molar-refractivity contribution >= 4 is 23.2 Å². The molecule has 1 amide bonds. The van der Waals surface area contributed by atoms with Gasteiger partial charge in [0.2, 0.25) is 0 Å². The minimum atomic E-state index is -0.0665. The molecule has 39 heavy (non-hydrogen) atoms. The van der Waals surface area contributed by atoms with Crippen molar-refractivity contribution in [3.05, 3.63) is 94.8 Å². The molecule has 5 nitrogen and oxygen atoms in total. The van der Waals surface area contributed by atoms with Gasteiger partial charge in [-0.2, -0.15) is 0 Å². The first-order valence-electron chi connectivity index (χ1n) is 14.1. The van der Waals surface area contributed by atoms with Gasteiger partial charge in [-0.1, -0.05) is 49.4 Å². The maximum absolute atomic E-state index is 12.5. The number of pyridine rings is 1. The molecule has 2 aromatic carbocycles. The van der Waals surface area contributed by atoms with E-state index in [0.29, 0.717) is 5.57 Å². The minimum absolute atomic E-state index is 0. The highest BCUT2D eigenvalue weighted by Gasteiger charge is 2.27. The van der Waals surface area contributed by atoms with Crippen molar-refractivity contribution < 1.29 is 11.0 Å². The van der Waals surface area contributed by atoms with E-state index in [-0.39, 0.29) is 7.33 Å². The van der Waals surface area contributed by atoms with Crippen LogP contribution in [0.25, 0.3) is 22.8 Å². The smallest absolute Gasteiger partial charge is 0.256 e. The molecule has 1 N–H and O–H groups in total. The molecule has 204 valence electrons. The number of benzene rings is 2. The highest BCUT2D eigenvalue weighted by Crippen LogP contribution is 2.38. The molecule has 2 fully saturated rings. The van der Waals surface area contributed by atoms with E-state index in [2.05, 4.69) is 66.0 Å². The maximum Gasteiger partial charge on any atom is 0.256 e. The molecule has 0 aliphatic carbocycles. The minimum Gasteiger partial charge on any atom is -0.378 e. The monoisotopic (exact) mass is 523 g/mol. The third-order valence-electron chi connectivity index (χ3n) is 7.94. The normalized spacial score (nSPS) is 18.6. The first-order valence-corrected chi connectivity index (χ1v) is 14.1. The average Bonchev–Trinajstić information content (AvgIpc) is 3.05. The van der Waals surface area contributed by atoms with Gasteiger partial charge in [-0.3, -0.25) is 14.7 Å². The van der Waals surface area contributed by atoms with E-state index in [1.165, 1.54) is 54.6 Å². The molecule has 1 aromatic heterocycles. The predicted molar refractivity (Wildman–Crippen MR) is 163 cm³/mol. The molecular weight excluding hydrogens is 482 g/mol. The summed E-state index contributed by atoms with van der Waals surface area (Å²) >= 11 is 0. The molecule has 0 radical (unpaired) electrons. The van der Waals surface area contributed by atoms with Gasteiger partial charge in [-0.05, 0) is 98.2 Å². The van der Waals surface area contributed by atoms with Crippen LogP contribution in [0.5, 0.6) is 0 Å². The summed E-state index contributed by atoms with van der Waals surface area (Å²) in [5.74, 6) is -0.0665. The lowest BCUT2D eigenvalue weighted by atomic mass is 9.91. The van der Waals surface area contributed by atoms with E-state index >= 15 is 0 Å². The fraction of sp³-hybridized carbons (Fsp3) is 0.353. The third kappa shape index (κ3) is 6.21. The molecule has 5 heteroatoms. The Hall–Kier alpha value is -3.54. The van der Waals surface area contributed by atoms with Crippen LogP contribution >= 0.6 is 0 Å². The number of ether oxygens (including phenoxy) is 1. The SMILES string of the molecule is C=C1CCCN(C2COC2)CC1.CCc1cccc(C)c1-c1ccc2c(c1)/C(=C\c1ccc(C)nc1)C(=O)N2.[HH]. The molecule has 0 bridgehead atoms. The Balaban J connectivity index is 0.000000238. The summed E-state index contributed by atoms with van der Waals surface area (Å²) < 4.78 is 5.19. The van der Waals surface area contributed by atoms with Gasteiger partial charge in [-0.25, -0.2) is 0 Å². The standard InChI is InChI=1S/C24H22N2O.C10H17NO.H2/c1-4-18-7-5-6-15(2)23(18)19-10-11-22-20(13-19)21(24(27)26-22)12-17-9-8-16(3)25-14-17;1-9-3-2-5-11(6-4-9)10-7-12-8-10;/h5-14H,4H2,1-3H3,(H,26,27);10H,1-8H2;1H/b21-12+;;. The number of anilines is 1. The van der Waals surface area contributed by atoms with Crippen LogP contribution in [-0.4, -0.2) is 48.1 Å². The summed E-state index contributed by atoms with van der Waals surface area (Å²) in [6.07, 6.45) is 8.39. The molecule has 0 unspecified atom stereocenters. The van der Waals surface area contributed by atoms with E-state index in [1.54, 1.807) is 6.20 Å². The Morgan fingerprint density at radius 2 is 1.97 bits per heavy atom.